The molecule has 0 aliphatic rings. The van der Waals surface area contributed by atoms with Gasteiger partial charge < -0.3 is 5.11 Å². The van der Waals surface area contributed by atoms with Gasteiger partial charge in [0.15, 0.2) is 0 Å². The third-order valence-corrected chi connectivity index (χ3v) is 5.92. The summed E-state index contributed by atoms with van der Waals surface area (Å²) in [6, 6.07) is 23.9. The van der Waals surface area contributed by atoms with Gasteiger partial charge in [0.1, 0.15) is 0 Å². The van der Waals surface area contributed by atoms with E-state index in [1.54, 1.807) is 42.5 Å². The zero-order chi connectivity index (χ0) is 19.3. The standard InChI is InChI=1S/C21H19NO4S/c23-21(24)19-11-7-10-18(14-19)16-22(15-17-8-3-1-4-9-17)27(25,26)20-12-5-2-6-13-20/h1-14H,15-16H2,(H,23,24). The molecule has 0 amide bonds. The van der Waals surface area contributed by atoms with Gasteiger partial charge in [-0.1, -0.05) is 60.7 Å². The highest BCUT2D eigenvalue weighted by Crippen LogP contribution is 2.21. The molecule has 1 N–H and O–H groups in total. The van der Waals surface area contributed by atoms with E-state index in [4.69, 9.17) is 0 Å². The van der Waals surface area contributed by atoms with Crippen LogP contribution in [-0.2, 0) is 23.1 Å². The smallest absolute Gasteiger partial charge is 0.335 e. The second-order valence-corrected chi connectivity index (χ2v) is 8.02. The van der Waals surface area contributed by atoms with Gasteiger partial charge in [0.2, 0.25) is 10.0 Å². The molecular formula is C21H19NO4S. The molecule has 0 radical (unpaired) electrons. The van der Waals surface area contributed by atoms with Crippen molar-refractivity contribution in [2.24, 2.45) is 0 Å². The van der Waals surface area contributed by atoms with Crippen molar-refractivity contribution in [3.05, 3.63) is 102 Å². The van der Waals surface area contributed by atoms with Gasteiger partial charge in [-0.25, -0.2) is 13.2 Å². The number of nitrogens with zero attached hydrogens (tertiary/aromatic N) is 1. The zero-order valence-corrected chi connectivity index (χ0v) is 15.3. The Kier molecular flexibility index (Phi) is 5.69. The summed E-state index contributed by atoms with van der Waals surface area (Å²) >= 11 is 0. The maximum atomic E-state index is 13.2. The molecule has 0 saturated carbocycles. The Labute approximate surface area is 158 Å². The van der Waals surface area contributed by atoms with Crippen LogP contribution >= 0.6 is 0 Å². The van der Waals surface area contributed by atoms with Crippen molar-refractivity contribution >= 4 is 16.0 Å². The first-order valence-corrected chi connectivity index (χ1v) is 9.82. The monoisotopic (exact) mass is 381 g/mol. The first kappa shape index (κ1) is 18.8. The second-order valence-electron chi connectivity index (χ2n) is 6.08. The highest BCUT2D eigenvalue weighted by atomic mass is 32.2. The molecule has 5 nitrogen and oxygen atoms in total. The van der Waals surface area contributed by atoms with Crippen molar-refractivity contribution in [1.82, 2.24) is 4.31 Å². The molecule has 0 aliphatic heterocycles. The molecule has 6 heteroatoms. The lowest BCUT2D eigenvalue weighted by Gasteiger charge is -2.23. The molecule has 3 aromatic carbocycles. The van der Waals surface area contributed by atoms with E-state index in [0.717, 1.165) is 5.56 Å². The maximum absolute atomic E-state index is 13.2. The molecular weight excluding hydrogens is 362 g/mol. The highest BCUT2D eigenvalue weighted by molar-refractivity contribution is 7.89. The number of hydrogen-bond acceptors (Lipinski definition) is 3. The van der Waals surface area contributed by atoms with Crippen LogP contribution < -0.4 is 0 Å². The summed E-state index contributed by atoms with van der Waals surface area (Å²) in [5.74, 6) is -1.04. The Morgan fingerprint density at radius 1 is 0.778 bits per heavy atom. The predicted octanol–water partition coefficient (Wildman–Crippen LogP) is 3.78. The Balaban J connectivity index is 1.97. The van der Waals surface area contributed by atoms with Gasteiger partial charge in [-0.2, -0.15) is 4.31 Å². The van der Waals surface area contributed by atoms with Crippen molar-refractivity contribution in [1.29, 1.82) is 0 Å². The first-order chi connectivity index (χ1) is 13.0. The SMILES string of the molecule is O=C(O)c1cccc(CN(Cc2ccccc2)S(=O)(=O)c2ccccc2)c1. The van der Waals surface area contributed by atoms with Crippen molar-refractivity contribution in [3.8, 4) is 0 Å². The highest BCUT2D eigenvalue weighted by Gasteiger charge is 2.25. The van der Waals surface area contributed by atoms with Crippen LogP contribution in [0.2, 0.25) is 0 Å². The molecule has 0 heterocycles. The van der Waals surface area contributed by atoms with E-state index < -0.39 is 16.0 Å². The van der Waals surface area contributed by atoms with Crippen LogP contribution in [0.1, 0.15) is 21.5 Å². The van der Waals surface area contributed by atoms with E-state index in [0.29, 0.717) is 5.56 Å². The number of benzene rings is 3. The lowest BCUT2D eigenvalue weighted by Crippen LogP contribution is -2.30. The number of carboxylic acid groups (broad SMARTS) is 1. The minimum atomic E-state index is -3.74. The molecule has 3 rings (SSSR count). The van der Waals surface area contributed by atoms with Crippen LogP contribution in [0.5, 0.6) is 0 Å². The molecule has 0 aliphatic carbocycles. The molecule has 0 bridgehead atoms. The molecule has 138 valence electrons. The lowest BCUT2D eigenvalue weighted by molar-refractivity contribution is 0.0696. The average molecular weight is 381 g/mol. The van der Waals surface area contributed by atoms with E-state index in [1.807, 2.05) is 30.3 Å². The fourth-order valence-electron chi connectivity index (χ4n) is 2.76. The van der Waals surface area contributed by atoms with Crippen LogP contribution in [0.3, 0.4) is 0 Å². The predicted molar refractivity (Wildman–Crippen MR) is 103 cm³/mol. The lowest BCUT2D eigenvalue weighted by atomic mass is 10.1. The number of rotatable bonds is 7. The maximum Gasteiger partial charge on any atom is 0.335 e. The van der Waals surface area contributed by atoms with Crippen LogP contribution in [0, 0.1) is 0 Å². The summed E-state index contributed by atoms with van der Waals surface area (Å²) in [6.07, 6.45) is 0. The fraction of sp³-hybridized carbons (Fsp3) is 0.0952. The van der Waals surface area contributed by atoms with E-state index in [9.17, 15) is 18.3 Å². The van der Waals surface area contributed by atoms with Gasteiger partial charge in [0, 0.05) is 13.1 Å². The van der Waals surface area contributed by atoms with E-state index >= 15 is 0 Å². The summed E-state index contributed by atoms with van der Waals surface area (Å²) in [5.41, 5.74) is 1.60. The fourth-order valence-corrected chi connectivity index (χ4v) is 4.20. The summed E-state index contributed by atoms with van der Waals surface area (Å²) < 4.78 is 27.7. The number of carboxylic acids is 1. The van der Waals surface area contributed by atoms with Gasteiger partial charge in [-0.3, -0.25) is 0 Å². The molecule has 0 spiro atoms. The minimum Gasteiger partial charge on any atom is -0.478 e. The van der Waals surface area contributed by atoms with Gasteiger partial charge in [0.05, 0.1) is 10.5 Å². The Bertz CT molecular complexity index is 1020. The minimum absolute atomic E-state index is 0.0766. The van der Waals surface area contributed by atoms with Gasteiger partial charge in [-0.15, -0.1) is 0 Å². The van der Waals surface area contributed by atoms with E-state index in [-0.39, 0.29) is 23.5 Å². The third-order valence-electron chi connectivity index (χ3n) is 4.12. The van der Waals surface area contributed by atoms with Crippen molar-refractivity contribution in [2.75, 3.05) is 0 Å². The molecule has 0 unspecified atom stereocenters. The van der Waals surface area contributed by atoms with Crippen LogP contribution in [0.25, 0.3) is 0 Å². The molecule has 0 atom stereocenters. The largest absolute Gasteiger partial charge is 0.478 e. The normalized spacial score (nSPS) is 11.4. The number of sulfonamides is 1. The topological polar surface area (TPSA) is 74.7 Å². The summed E-state index contributed by atoms with van der Waals surface area (Å²) in [6.45, 7) is 0.266. The number of carbonyl (C=O) groups is 1. The Morgan fingerprint density at radius 2 is 1.33 bits per heavy atom. The molecule has 0 saturated heterocycles. The van der Waals surface area contributed by atoms with Gasteiger partial charge >= 0.3 is 5.97 Å². The average Bonchev–Trinajstić information content (AvgIpc) is 2.69. The zero-order valence-electron chi connectivity index (χ0n) is 14.5. The van der Waals surface area contributed by atoms with Crippen molar-refractivity contribution < 1.29 is 18.3 Å². The summed E-state index contributed by atoms with van der Waals surface area (Å²) in [4.78, 5) is 11.4. The quantitative estimate of drug-likeness (QED) is 0.676. The van der Waals surface area contributed by atoms with Crippen LogP contribution in [0.15, 0.2) is 89.8 Å². The molecule has 3 aromatic rings. The van der Waals surface area contributed by atoms with E-state index in [1.165, 1.54) is 16.4 Å². The summed E-state index contributed by atoms with van der Waals surface area (Å²) in [7, 11) is -3.74. The molecule has 27 heavy (non-hydrogen) atoms. The van der Waals surface area contributed by atoms with Gasteiger partial charge in [-0.05, 0) is 35.4 Å². The van der Waals surface area contributed by atoms with E-state index in [2.05, 4.69) is 0 Å². The molecule has 0 fully saturated rings. The summed E-state index contributed by atoms with van der Waals surface area (Å²) in [5, 5.41) is 9.18. The Hall–Kier alpha value is -2.96. The third kappa shape index (κ3) is 4.61. The van der Waals surface area contributed by atoms with Crippen LogP contribution in [0.4, 0.5) is 0 Å². The van der Waals surface area contributed by atoms with Crippen molar-refractivity contribution in [3.63, 3.8) is 0 Å². The van der Waals surface area contributed by atoms with Gasteiger partial charge in [0.25, 0.3) is 0 Å². The van der Waals surface area contributed by atoms with Crippen LogP contribution in [-0.4, -0.2) is 23.8 Å². The Morgan fingerprint density at radius 3 is 1.96 bits per heavy atom. The van der Waals surface area contributed by atoms with Crippen molar-refractivity contribution in [2.45, 2.75) is 18.0 Å². The first-order valence-electron chi connectivity index (χ1n) is 8.38. The number of hydrogen-bond donors (Lipinski definition) is 1. The molecule has 0 aromatic heterocycles. The second kappa shape index (κ2) is 8.16. The number of aromatic carboxylic acids is 1.